The van der Waals surface area contributed by atoms with Crippen LogP contribution < -0.4 is 5.43 Å². The number of nitrogens with zero attached hydrogens (tertiary/aromatic N) is 1. The van der Waals surface area contributed by atoms with E-state index in [0.717, 1.165) is 4.87 Å². The molecule has 1 heterocycles. The molecule has 1 rings (SSSR count). The summed E-state index contributed by atoms with van der Waals surface area (Å²) in [5.41, 5.74) is 2.42. The van der Waals surface area contributed by atoms with Gasteiger partial charge in [0, 0.05) is 6.08 Å². The van der Waals surface area contributed by atoms with Crippen molar-refractivity contribution >= 4 is 0 Å². The predicted octanol–water partition coefficient (Wildman–Crippen LogP) is -0.203. The van der Waals surface area contributed by atoms with Gasteiger partial charge in [-0.25, -0.2) is 0 Å². The highest BCUT2D eigenvalue weighted by Crippen LogP contribution is 1.78. The van der Waals surface area contributed by atoms with Gasteiger partial charge in [-0.3, -0.25) is 0 Å². The van der Waals surface area contributed by atoms with E-state index in [4.69, 9.17) is 0 Å². The maximum Gasteiger partial charge on any atom is 0.245 e. The fraction of sp³-hybridized carbons (Fsp3) is 0.333. The first-order valence-corrected chi connectivity index (χ1v) is 1.75. The van der Waals surface area contributed by atoms with Crippen molar-refractivity contribution in [3.8, 4) is 0 Å². The minimum absolute atomic E-state index is 0.472. The lowest BCUT2D eigenvalue weighted by Crippen LogP contribution is -2.13. The summed E-state index contributed by atoms with van der Waals surface area (Å²) in [7, 11) is 0. The minimum Gasteiger partial charge on any atom is -0.128 e. The normalized spacial score (nSPS) is 18.3. The van der Waals surface area contributed by atoms with Crippen LogP contribution in [-0.4, -0.2) is 11.4 Å². The van der Waals surface area contributed by atoms with Gasteiger partial charge in [-0.05, 0) is 0 Å². The third kappa shape index (κ3) is 0.381. The Balaban J connectivity index is 2.52. The molecule has 0 spiro atoms. The quantitative estimate of drug-likeness (QED) is 0.413. The molecule has 0 aromatic rings. The molecule has 0 aromatic carbocycles. The standard InChI is InChI=1S/C3H5N2O/c6-5-3-1-2-4-5/h1-2H,3H2,(H,4,6)/q+1. The fourth-order valence-corrected chi connectivity index (χ4v) is 0.337. The molecule has 0 radical (unpaired) electrons. The lowest BCUT2D eigenvalue weighted by atomic mass is 10.7. The van der Waals surface area contributed by atoms with Crippen molar-refractivity contribution in [1.82, 2.24) is 5.43 Å². The highest BCUT2D eigenvalue weighted by Gasteiger charge is 2.05. The molecule has 0 atom stereocenters. The highest BCUT2D eigenvalue weighted by atomic mass is 16.3. The van der Waals surface area contributed by atoms with Crippen molar-refractivity contribution in [1.29, 1.82) is 0 Å². The second-order valence-corrected chi connectivity index (χ2v) is 1.09. The Kier molecular flexibility index (Phi) is 0.602. The molecule has 0 saturated carbocycles. The predicted molar refractivity (Wildman–Crippen MR) is 20.8 cm³/mol. The molecule has 6 heavy (non-hydrogen) atoms. The zero-order valence-corrected chi connectivity index (χ0v) is 3.22. The molecule has 0 aromatic heterocycles. The van der Waals surface area contributed by atoms with E-state index in [2.05, 4.69) is 5.43 Å². The van der Waals surface area contributed by atoms with Gasteiger partial charge < -0.3 is 0 Å². The second-order valence-electron chi connectivity index (χ2n) is 1.09. The Morgan fingerprint density at radius 1 is 1.83 bits per heavy atom. The molecule has 0 bridgehead atoms. The molecule has 0 saturated heterocycles. The Morgan fingerprint density at radius 2 is 2.67 bits per heavy atom. The van der Waals surface area contributed by atoms with Crippen molar-refractivity contribution < 1.29 is 4.87 Å². The van der Waals surface area contributed by atoms with Crippen LogP contribution in [0.4, 0.5) is 0 Å². The number of hydrogen-bond donors (Lipinski definition) is 1. The number of rotatable bonds is 0. The SMILES string of the molecule is O=[N+]1CC=CN1. The smallest absolute Gasteiger partial charge is 0.128 e. The molecule has 3 heteroatoms. The van der Waals surface area contributed by atoms with Gasteiger partial charge in [-0.2, -0.15) is 0 Å². The van der Waals surface area contributed by atoms with E-state index < -0.39 is 0 Å². The molecule has 0 fully saturated rings. The van der Waals surface area contributed by atoms with E-state index in [1.807, 2.05) is 0 Å². The van der Waals surface area contributed by atoms with Crippen molar-refractivity contribution in [2.24, 2.45) is 0 Å². The van der Waals surface area contributed by atoms with Crippen LogP contribution in [0.15, 0.2) is 12.3 Å². The number of nitroso groups, excluding NO2 is 1. The number of hydrazine groups is 1. The molecule has 0 unspecified atom stereocenters. The van der Waals surface area contributed by atoms with E-state index in [1.165, 1.54) is 0 Å². The van der Waals surface area contributed by atoms with Crippen LogP contribution >= 0.6 is 0 Å². The van der Waals surface area contributed by atoms with Crippen molar-refractivity contribution in [3.05, 3.63) is 17.2 Å². The van der Waals surface area contributed by atoms with Crippen molar-refractivity contribution in [2.75, 3.05) is 6.54 Å². The van der Waals surface area contributed by atoms with Crippen LogP contribution in [0, 0.1) is 4.91 Å². The zero-order chi connectivity index (χ0) is 4.41. The monoisotopic (exact) mass is 85.0 g/mol. The first-order chi connectivity index (χ1) is 2.89. The molecule has 32 valence electrons. The molecule has 0 amide bonds. The average molecular weight is 85.1 g/mol. The van der Waals surface area contributed by atoms with Crippen molar-refractivity contribution in [3.63, 3.8) is 0 Å². The van der Waals surface area contributed by atoms with Gasteiger partial charge >= 0.3 is 0 Å². The Morgan fingerprint density at radius 3 is 2.83 bits per heavy atom. The first kappa shape index (κ1) is 3.33. The summed E-state index contributed by atoms with van der Waals surface area (Å²) in [6.45, 7) is 0.472. The largest absolute Gasteiger partial charge is 0.245 e. The number of nitrogens with one attached hydrogen (secondary N) is 1. The van der Waals surface area contributed by atoms with Gasteiger partial charge in [0.25, 0.3) is 0 Å². The Bertz CT molecular complexity index is 87.0. The van der Waals surface area contributed by atoms with Gasteiger partial charge in [0.1, 0.15) is 4.87 Å². The van der Waals surface area contributed by atoms with Crippen molar-refractivity contribution in [2.45, 2.75) is 0 Å². The minimum atomic E-state index is 0.472. The summed E-state index contributed by atoms with van der Waals surface area (Å²) >= 11 is 0. The lowest BCUT2D eigenvalue weighted by Gasteiger charge is -1.69. The summed E-state index contributed by atoms with van der Waals surface area (Å²) in [6, 6.07) is 0. The Labute approximate surface area is 35.2 Å². The molecule has 1 N–H and O–H groups in total. The highest BCUT2D eigenvalue weighted by molar-refractivity contribution is 4.78. The zero-order valence-electron chi connectivity index (χ0n) is 3.22. The number of hydrogen-bond acceptors (Lipinski definition) is 1. The summed E-state index contributed by atoms with van der Waals surface area (Å²) in [4.78, 5) is 10.7. The van der Waals surface area contributed by atoms with Crippen LogP contribution in [0.5, 0.6) is 0 Å². The second kappa shape index (κ2) is 1.08. The summed E-state index contributed by atoms with van der Waals surface area (Å²) < 4.78 is 0. The van der Waals surface area contributed by atoms with Crippen LogP contribution in [0.25, 0.3) is 0 Å². The van der Waals surface area contributed by atoms with Gasteiger partial charge in [-0.15, -0.1) is 5.43 Å². The summed E-state index contributed by atoms with van der Waals surface area (Å²) in [5.74, 6) is 0. The molecule has 3 nitrogen and oxygen atoms in total. The van der Waals surface area contributed by atoms with Crippen LogP contribution in [0.3, 0.4) is 0 Å². The summed E-state index contributed by atoms with van der Waals surface area (Å²) in [6.07, 6.45) is 3.38. The first-order valence-electron chi connectivity index (χ1n) is 1.75. The fourth-order valence-electron chi connectivity index (χ4n) is 0.337. The summed E-state index contributed by atoms with van der Waals surface area (Å²) in [5, 5.41) is 0. The maximum atomic E-state index is 9.99. The topological polar surface area (TPSA) is 32.1 Å². The van der Waals surface area contributed by atoms with E-state index in [-0.39, 0.29) is 0 Å². The lowest BCUT2D eigenvalue weighted by molar-refractivity contribution is -0.579. The average Bonchev–Trinajstić information content (AvgIpc) is 1.86. The molecule has 0 aliphatic carbocycles. The van der Waals surface area contributed by atoms with Crippen LogP contribution in [0.1, 0.15) is 0 Å². The van der Waals surface area contributed by atoms with E-state index in [1.54, 1.807) is 12.3 Å². The van der Waals surface area contributed by atoms with Gasteiger partial charge in [0.15, 0.2) is 0 Å². The van der Waals surface area contributed by atoms with Crippen LogP contribution in [0.2, 0.25) is 0 Å². The molecule has 1 aliphatic heterocycles. The maximum absolute atomic E-state index is 9.99. The molecule has 1 aliphatic rings. The Hall–Kier alpha value is -0.860. The van der Waals surface area contributed by atoms with E-state index >= 15 is 0 Å². The third-order valence-electron chi connectivity index (χ3n) is 0.608. The van der Waals surface area contributed by atoms with Gasteiger partial charge in [-0.1, -0.05) is 0 Å². The van der Waals surface area contributed by atoms with E-state index in [9.17, 15) is 4.91 Å². The van der Waals surface area contributed by atoms with Gasteiger partial charge in [0.05, 0.1) is 11.1 Å². The molecular weight excluding hydrogens is 80.0 g/mol. The molecular formula is C3H5N2O+. The third-order valence-corrected chi connectivity index (χ3v) is 0.608. The van der Waals surface area contributed by atoms with Crippen LogP contribution in [-0.2, 0) is 0 Å². The van der Waals surface area contributed by atoms with E-state index in [0.29, 0.717) is 6.54 Å². The van der Waals surface area contributed by atoms with Gasteiger partial charge in [0.2, 0.25) is 6.54 Å².